The second-order valence-electron chi connectivity index (χ2n) is 6.99. The molecule has 1 fully saturated rings. The van der Waals surface area contributed by atoms with Crippen LogP contribution in [0.4, 0.5) is 4.39 Å². The van der Waals surface area contributed by atoms with Gasteiger partial charge < -0.3 is 11.1 Å². The van der Waals surface area contributed by atoms with Crippen LogP contribution in [0.1, 0.15) is 43.6 Å². The molecule has 3 nitrogen and oxygen atoms in total. The topological polar surface area (TPSA) is 55.1 Å². The molecule has 3 N–H and O–H groups in total. The average Bonchev–Trinajstić information content (AvgIpc) is 2.37. The van der Waals surface area contributed by atoms with E-state index in [0.29, 0.717) is 11.1 Å². The number of rotatable bonds is 2. The number of aryl methyl sites for hydroxylation is 1. The summed E-state index contributed by atoms with van der Waals surface area (Å²) in [5.41, 5.74) is 6.73. The minimum absolute atomic E-state index is 0.0232. The van der Waals surface area contributed by atoms with E-state index < -0.39 is 0 Å². The molecular weight excluding hydrogens is 255 g/mol. The van der Waals surface area contributed by atoms with E-state index in [-0.39, 0.29) is 34.6 Å². The number of amides is 1. The first-order valence-electron chi connectivity index (χ1n) is 6.91. The number of hydrogen-bond acceptors (Lipinski definition) is 2. The van der Waals surface area contributed by atoms with Gasteiger partial charge in [-0.2, -0.15) is 0 Å². The summed E-state index contributed by atoms with van der Waals surface area (Å²) in [7, 11) is 0. The van der Waals surface area contributed by atoms with Crippen LogP contribution in [0.15, 0.2) is 18.2 Å². The highest BCUT2D eigenvalue weighted by Gasteiger charge is 2.60. The largest absolute Gasteiger partial charge is 0.348 e. The zero-order valence-corrected chi connectivity index (χ0v) is 12.8. The highest BCUT2D eigenvalue weighted by Crippen LogP contribution is 2.52. The van der Waals surface area contributed by atoms with E-state index in [9.17, 15) is 9.18 Å². The van der Waals surface area contributed by atoms with Crippen molar-refractivity contribution in [1.82, 2.24) is 5.32 Å². The van der Waals surface area contributed by atoms with Gasteiger partial charge in [0.2, 0.25) is 0 Å². The van der Waals surface area contributed by atoms with Crippen molar-refractivity contribution in [2.45, 2.75) is 46.7 Å². The Labute approximate surface area is 119 Å². The van der Waals surface area contributed by atoms with Gasteiger partial charge in [0.25, 0.3) is 5.91 Å². The van der Waals surface area contributed by atoms with Crippen LogP contribution in [0.2, 0.25) is 0 Å². The fourth-order valence-corrected chi connectivity index (χ4v) is 3.50. The predicted molar refractivity (Wildman–Crippen MR) is 77.9 cm³/mol. The van der Waals surface area contributed by atoms with Gasteiger partial charge in [0, 0.05) is 28.5 Å². The van der Waals surface area contributed by atoms with Crippen molar-refractivity contribution in [3.05, 3.63) is 35.1 Å². The summed E-state index contributed by atoms with van der Waals surface area (Å²) in [4.78, 5) is 12.3. The molecule has 0 saturated heterocycles. The number of nitrogens with two attached hydrogens (primary N) is 1. The lowest BCUT2D eigenvalue weighted by Crippen LogP contribution is -2.76. The Hall–Kier alpha value is -1.42. The van der Waals surface area contributed by atoms with E-state index in [2.05, 4.69) is 5.32 Å². The first-order chi connectivity index (χ1) is 9.08. The van der Waals surface area contributed by atoms with E-state index in [4.69, 9.17) is 5.73 Å². The van der Waals surface area contributed by atoms with Gasteiger partial charge in [-0.3, -0.25) is 4.79 Å². The number of hydrogen-bond donors (Lipinski definition) is 2. The van der Waals surface area contributed by atoms with Crippen LogP contribution in [-0.4, -0.2) is 18.0 Å². The number of halogens is 1. The molecule has 1 saturated carbocycles. The molecular formula is C16H23FN2O. The normalized spacial score (nSPS) is 26.8. The maximum absolute atomic E-state index is 13.5. The SMILES string of the molecule is Cc1ccc(C(=O)NC2C(C)(C)C(N)C2(C)C)cc1F. The Balaban J connectivity index is 2.18. The van der Waals surface area contributed by atoms with E-state index in [1.54, 1.807) is 19.1 Å². The first-order valence-corrected chi connectivity index (χ1v) is 6.91. The molecule has 2 rings (SSSR count). The van der Waals surface area contributed by atoms with Gasteiger partial charge in [0.05, 0.1) is 0 Å². The van der Waals surface area contributed by atoms with Gasteiger partial charge in [-0.1, -0.05) is 33.8 Å². The van der Waals surface area contributed by atoms with Crippen molar-refractivity contribution in [3.8, 4) is 0 Å². The molecule has 1 aliphatic carbocycles. The van der Waals surface area contributed by atoms with Gasteiger partial charge in [-0.25, -0.2) is 4.39 Å². The number of benzene rings is 1. The van der Waals surface area contributed by atoms with Crippen LogP contribution in [0.3, 0.4) is 0 Å². The third-order valence-electron chi connectivity index (χ3n) is 4.80. The third-order valence-corrected chi connectivity index (χ3v) is 4.80. The van der Waals surface area contributed by atoms with Crippen molar-refractivity contribution in [3.63, 3.8) is 0 Å². The maximum atomic E-state index is 13.5. The van der Waals surface area contributed by atoms with Gasteiger partial charge in [0.1, 0.15) is 5.82 Å². The zero-order valence-electron chi connectivity index (χ0n) is 12.8. The second kappa shape index (κ2) is 4.55. The quantitative estimate of drug-likeness (QED) is 0.873. The smallest absolute Gasteiger partial charge is 0.251 e. The summed E-state index contributed by atoms with van der Waals surface area (Å²) < 4.78 is 13.5. The van der Waals surface area contributed by atoms with Crippen LogP contribution in [0.5, 0.6) is 0 Å². The average molecular weight is 278 g/mol. The van der Waals surface area contributed by atoms with Crippen LogP contribution < -0.4 is 11.1 Å². The monoisotopic (exact) mass is 278 g/mol. The van der Waals surface area contributed by atoms with E-state index in [1.807, 2.05) is 27.7 Å². The Morgan fingerprint density at radius 2 is 1.80 bits per heavy atom. The van der Waals surface area contributed by atoms with Crippen LogP contribution in [0.25, 0.3) is 0 Å². The Morgan fingerprint density at radius 1 is 1.25 bits per heavy atom. The number of nitrogens with one attached hydrogen (secondary N) is 1. The van der Waals surface area contributed by atoms with E-state index >= 15 is 0 Å². The lowest BCUT2D eigenvalue weighted by atomic mass is 9.48. The lowest BCUT2D eigenvalue weighted by Gasteiger charge is -2.62. The van der Waals surface area contributed by atoms with Crippen LogP contribution >= 0.6 is 0 Å². The molecule has 1 aromatic rings. The van der Waals surface area contributed by atoms with Gasteiger partial charge in [0.15, 0.2) is 0 Å². The molecule has 0 aliphatic heterocycles. The summed E-state index contributed by atoms with van der Waals surface area (Å²) in [6.45, 7) is 9.86. The second-order valence-corrected chi connectivity index (χ2v) is 6.99. The molecule has 0 bridgehead atoms. The highest BCUT2D eigenvalue weighted by atomic mass is 19.1. The van der Waals surface area contributed by atoms with Gasteiger partial charge in [-0.05, 0) is 24.6 Å². The molecule has 1 amide bonds. The summed E-state index contributed by atoms with van der Waals surface area (Å²) >= 11 is 0. The van der Waals surface area contributed by atoms with Crippen molar-refractivity contribution in [2.24, 2.45) is 16.6 Å². The molecule has 110 valence electrons. The Bertz CT molecular complexity index is 535. The standard InChI is InChI=1S/C16H23FN2O/c1-9-6-7-10(8-11(9)17)12(20)19-14-15(2,3)13(18)16(14,4)5/h6-8,13-14H,18H2,1-5H3,(H,19,20). The fourth-order valence-electron chi connectivity index (χ4n) is 3.50. The molecule has 0 atom stereocenters. The van der Waals surface area contributed by atoms with Crippen LogP contribution in [-0.2, 0) is 0 Å². The predicted octanol–water partition coefficient (Wildman–Crippen LogP) is 2.63. The maximum Gasteiger partial charge on any atom is 0.251 e. The lowest BCUT2D eigenvalue weighted by molar-refractivity contribution is -0.0663. The zero-order chi connectivity index (χ0) is 15.3. The van der Waals surface area contributed by atoms with Crippen LogP contribution in [0, 0.1) is 23.6 Å². The molecule has 0 radical (unpaired) electrons. The minimum Gasteiger partial charge on any atom is -0.348 e. The highest BCUT2D eigenvalue weighted by molar-refractivity contribution is 5.94. The Kier molecular flexibility index (Phi) is 3.41. The minimum atomic E-state index is -0.360. The molecule has 20 heavy (non-hydrogen) atoms. The van der Waals surface area contributed by atoms with Crippen molar-refractivity contribution < 1.29 is 9.18 Å². The summed E-state index contributed by atoms with van der Waals surface area (Å²) in [5.74, 6) is -0.608. The summed E-state index contributed by atoms with van der Waals surface area (Å²) in [5, 5.41) is 3.00. The summed E-state index contributed by atoms with van der Waals surface area (Å²) in [6, 6.07) is 4.54. The molecule has 0 unspecified atom stereocenters. The van der Waals surface area contributed by atoms with Crippen molar-refractivity contribution >= 4 is 5.91 Å². The molecule has 1 aliphatic rings. The fraction of sp³-hybridized carbons (Fsp3) is 0.562. The van der Waals surface area contributed by atoms with Gasteiger partial charge >= 0.3 is 0 Å². The number of carbonyl (C=O) groups excluding carboxylic acids is 1. The number of carbonyl (C=O) groups is 1. The van der Waals surface area contributed by atoms with E-state index in [1.165, 1.54) is 6.07 Å². The van der Waals surface area contributed by atoms with Gasteiger partial charge in [-0.15, -0.1) is 0 Å². The molecule has 0 aromatic heterocycles. The third kappa shape index (κ3) is 2.12. The van der Waals surface area contributed by atoms with Crippen molar-refractivity contribution in [2.75, 3.05) is 0 Å². The Morgan fingerprint density at radius 3 is 2.30 bits per heavy atom. The summed E-state index contributed by atoms with van der Waals surface area (Å²) in [6.07, 6.45) is 0. The van der Waals surface area contributed by atoms with E-state index in [0.717, 1.165) is 0 Å². The molecule has 0 spiro atoms. The molecule has 1 aromatic carbocycles. The van der Waals surface area contributed by atoms with Crippen molar-refractivity contribution in [1.29, 1.82) is 0 Å². The molecule has 4 heteroatoms. The molecule has 0 heterocycles. The first kappa shape index (κ1) is 15.0.